The number of benzene rings is 1. The van der Waals surface area contributed by atoms with Crippen molar-refractivity contribution in [2.24, 2.45) is 5.92 Å². The van der Waals surface area contributed by atoms with Crippen LogP contribution in [0.1, 0.15) is 32.5 Å². The molecule has 1 fully saturated rings. The lowest BCUT2D eigenvalue weighted by Crippen LogP contribution is -1.92. The minimum absolute atomic E-state index is 0.482. The van der Waals surface area contributed by atoms with E-state index in [-0.39, 0.29) is 0 Å². The molecule has 0 nitrogen and oxygen atoms in total. The third-order valence-electron chi connectivity index (χ3n) is 3.53. The Morgan fingerprint density at radius 2 is 2.00 bits per heavy atom. The van der Waals surface area contributed by atoms with Crippen LogP contribution in [0.4, 0.5) is 0 Å². The van der Waals surface area contributed by atoms with Gasteiger partial charge < -0.3 is 0 Å². The van der Waals surface area contributed by atoms with Crippen molar-refractivity contribution in [2.75, 3.05) is 0 Å². The Labute approximate surface area is 129 Å². The number of rotatable bonds is 3. The Morgan fingerprint density at radius 3 is 2.61 bits per heavy atom. The molecule has 0 spiro atoms. The maximum Gasteiger partial charge on any atom is 0.0534 e. The zero-order chi connectivity index (χ0) is 12.7. The molecule has 94 valence electrons. The fraction of sp³-hybridized carbons (Fsp3) is 0.333. The van der Waals surface area contributed by atoms with Crippen LogP contribution in [0.15, 0.2) is 40.9 Å². The van der Waals surface area contributed by atoms with Crippen LogP contribution in [0.2, 0.25) is 0 Å². The molecule has 0 radical (unpaired) electrons. The molecule has 3 unspecified atom stereocenters. The first-order valence-electron chi connectivity index (χ1n) is 6.11. The van der Waals surface area contributed by atoms with Crippen molar-refractivity contribution in [3.05, 3.63) is 56.2 Å². The van der Waals surface area contributed by atoms with Gasteiger partial charge in [-0.25, -0.2) is 0 Å². The van der Waals surface area contributed by atoms with Crippen molar-refractivity contribution in [3.63, 3.8) is 0 Å². The Hall–Kier alpha value is -0.120. The van der Waals surface area contributed by atoms with Crippen LogP contribution < -0.4 is 0 Å². The van der Waals surface area contributed by atoms with Gasteiger partial charge in [0.05, 0.1) is 4.83 Å². The molecule has 3 rings (SSSR count). The molecule has 0 N–H and O–H groups in total. The monoisotopic (exact) mass is 384 g/mol. The highest BCUT2D eigenvalue weighted by Gasteiger charge is 2.44. The third kappa shape index (κ3) is 2.45. The lowest BCUT2D eigenvalue weighted by molar-refractivity contribution is 0.796. The predicted octanol–water partition coefficient (Wildman–Crippen LogP) is 6.06. The Kier molecular flexibility index (Phi) is 3.65. The normalized spacial score (nSPS) is 23.9. The van der Waals surface area contributed by atoms with Crippen molar-refractivity contribution in [2.45, 2.75) is 24.1 Å². The molecule has 0 bridgehead atoms. The number of halogens is 2. The van der Waals surface area contributed by atoms with E-state index in [0.29, 0.717) is 4.83 Å². The largest absolute Gasteiger partial charge is 0.143 e. The highest BCUT2D eigenvalue weighted by atomic mass is 79.9. The SMILES string of the molecule is Cc1cc(Br)c(C(Br)C2CC2c2ccccc2)s1. The number of alkyl halides is 1. The summed E-state index contributed by atoms with van der Waals surface area (Å²) in [6.45, 7) is 2.17. The zero-order valence-corrected chi connectivity index (χ0v) is 14.1. The summed E-state index contributed by atoms with van der Waals surface area (Å²) in [5.74, 6) is 1.46. The van der Waals surface area contributed by atoms with Crippen LogP contribution in [-0.2, 0) is 0 Å². The standard InChI is InChI=1S/C15H14Br2S/c1-9-7-13(16)15(18-9)14(17)12-8-11(12)10-5-3-2-4-6-10/h2-7,11-12,14H,8H2,1H3. The summed E-state index contributed by atoms with van der Waals surface area (Å²) < 4.78 is 1.26. The summed E-state index contributed by atoms with van der Waals surface area (Å²) in [7, 11) is 0. The molecule has 0 amide bonds. The predicted molar refractivity (Wildman–Crippen MR) is 85.7 cm³/mol. The second-order valence-corrected chi connectivity index (χ2v) is 8.02. The van der Waals surface area contributed by atoms with Crippen LogP contribution in [0.5, 0.6) is 0 Å². The summed E-state index contributed by atoms with van der Waals surface area (Å²) >= 11 is 9.46. The molecule has 1 aromatic carbocycles. The molecule has 1 saturated carbocycles. The Bertz CT molecular complexity index is 547. The van der Waals surface area contributed by atoms with E-state index in [1.54, 1.807) is 0 Å². The van der Waals surface area contributed by atoms with E-state index >= 15 is 0 Å². The molecule has 1 aliphatic carbocycles. The van der Waals surface area contributed by atoms with Gasteiger partial charge in [-0.05, 0) is 52.7 Å². The van der Waals surface area contributed by atoms with Crippen molar-refractivity contribution < 1.29 is 0 Å². The summed E-state index contributed by atoms with van der Waals surface area (Å²) in [5.41, 5.74) is 1.48. The lowest BCUT2D eigenvalue weighted by atomic mass is 10.1. The van der Waals surface area contributed by atoms with Gasteiger partial charge in [-0.2, -0.15) is 0 Å². The highest BCUT2D eigenvalue weighted by molar-refractivity contribution is 9.11. The number of aryl methyl sites for hydroxylation is 1. The van der Waals surface area contributed by atoms with Crippen LogP contribution in [0.3, 0.4) is 0 Å². The van der Waals surface area contributed by atoms with E-state index in [1.165, 1.54) is 26.2 Å². The van der Waals surface area contributed by atoms with E-state index in [2.05, 4.69) is 75.2 Å². The lowest BCUT2D eigenvalue weighted by Gasteiger charge is -2.08. The van der Waals surface area contributed by atoms with E-state index in [1.807, 2.05) is 11.3 Å². The van der Waals surface area contributed by atoms with Crippen molar-refractivity contribution >= 4 is 43.2 Å². The van der Waals surface area contributed by atoms with Crippen molar-refractivity contribution in [1.82, 2.24) is 0 Å². The molecule has 1 aromatic heterocycles. The summed E-state index contributed by atoms with van der Waals surface area (Å²) in [6, 6.07) is 13.1. The molecule has 18 heavy (non-hydrogen) atoms. The van der Waals surface area contributed by atoms with Gasteiger partial charge in [0.2, 0.25) is 0 Å². The van der Waals surface area contributed by atoms with Crippen LogP contribution >= 0.6 is 43.2 Å². The van der Waals surface area contributed by atoms with Gasteiger partial charge in [0.15, 0.2) is 0 Å². The second kappa shape index (κ2) is 5.10. The van der Waals surface area contributed by atoms with Gasteiger partial charge in [0.25, 0.3) is 0 Å². The number of hydrogen-bond acceptors (Lipinski definition) is 1. The average Bonchev–Trinajstić information content (AvgIpc) is 3.10. The van der Waals surface area contributed by atoms with Gasteiger partial charge in [0.1, 0.15) is 0 Å². The summed E-state index contributed by atoms with van der Waals surface area (Å²) in [4.78, 5) is 3.30. The van der Waals surface area contributed by atoms with Gasteiger partial charge in [0, 0.05) is 14.2 Å². The highest BCUT2D eigenvalue weighted by Crippen LogP contribution is 2.58. The molecule has 1 aliphatic rings. The number of thiophene rings is 1. The smallest absolute Gasteiger partial charge is 0.0534 e. The Morgan fingerprint density at radius 1 is 1.28 bits per heavy atom. The molecule has 0 aliphatic heterocycles. The van der Waals surface area contributed by atoms with Gasteiger partial charge in [-0.3, -0.25) is 0 Å². The first-order valence-corrected chi connectivity index (χ1v) is 8.64. The average molecular weight is 386 g/mol. The summed E-state index contributed by atoms with van der Waals surface area (Å²) in [5, 5.41) is 0. The van der Waals surface area contributed by atoms with E-state index in [4.69, 9.17) is 0 Å². The maximum absolute atomic E-state index is 3.90. The first kappa shape index (κ1) is 12.9. The van der Waals surface area contributed by atoms with Crippen molar-refractivity contribution in [3.8, 4) is 0 Å². The number of hydrogen-bond donors (Lipinski definition) is 0. The van der Waals surface area contributed by atoms with E-state index in [9.17, 15) is 0 Å². The van der Waals surface area contributed by atoms with Gasteiger partial charge in [-0.1, -0.05) is 46.3 Å². The first-order chi connectivity index (χ1) is 8.66. The molecule has 3 atom stereocenters. The molecule has 2 aromatic rings. The fourth-order valence-electron chi connectivity index (χ4n) is 2.51. The minimum Gasteiger partial charge on any atom is -0.143 e. The second-order valence-electron chi connectivity index (χ2n) is 4.89. The van der Waals surface area contributed by atoms with E-state index < -0.39 is 0 Å². The Balaban J connectivity index is 1.77. The fourth-order valence-corrected chi connectivity index (χ4v) is 5.88. The topological polar surface area (TPSA) is 0 Å². The van der Waals surface area contributed by atoms with Gasteiger partial charge in [-0.15, -0.1) is 11.3 Å². The van der Waals surface area contributed by atoms with Crippen LogP contribution in [-0.4, -0.2) is 0 Å². The molecule has 0 saturated heterocycles. The van der Waals surface area contributed by atoms with Crippen LogP contribution in [0, 0.1) is 12.8 Å². The third-order valence-corrected chi connectivity index (χ3v) is 7.02. The zero-order valence-electron chi connectivity index (χ0n) is 10.1. The maximum atomic E-state index is 3.90. The van der Waals surface area contributed by atoms with Crippen LogP contribution in [0.25, 0.3) is 0 Å². The summed E-state index contributed by atoms with van der Waals surface area (Å²) in [6.07, 6.45) is 1.29. The molecular weight excluding hydrogens is 372 g/mol. The minimum atomic E-state index is 0.482. The van der Waals surface area contributed by atoms with Gasteiger partial charge >= 0.3 is 0 Å². The molecule has 1 heterocycles. The molecular formula is C15H14Br2S. The van der Waals surface area contributed by atoms with E-state index in [0.717, 1.165) is 11.8 Å². The van der Waals surface area contributed by atoms with Crippen molar-refractivity contribution in [1.29, 1.82) is 0 Å². The quantitative estimate of drug-likeness (QED) is 0.563. The molecule has 3 heteroatoms.